The average Bonchev–Trinajstić information content (AvgIpc) is 2.44. The zero-order chi connectivity index (χ0) is 12.5. The van der Waals surface area contributed by atoms with Crippen molar-refractivity contribution in [3.63, 3.8) is 0 Å². The summed E-state index contributed by atoms with van der Waals surface area (Å²) in [5, 5.41) is 19.4. The van der Waals surface area contributed by atoms with Gasteiger partial charge in [0.15, 0.2) is 11.5 Å². The van der Waals surface area contributed by atoms with Crippen molar-refractivity contribution < 1.29 is 14.9 Å². The summed E-state index contributed by atoms with van der Waals surface area (Å²) in [5.74, 6) is 0.493. The van der Waals surface area contributed by atoms with Gasteiger partial charge >= 0.3 is 0 Å². The Morgan fingerprint density at radius 1 is 0.944 bits per heavy atom. The van der Waals surface area contributed by atoms with E-state index in [4.69, 9.17) is 4.74 Å². The molecule has 0 saturated carbocycles. The molecule has 2 aromatic carbocycles. The predicted octanol–water partition coefficient (Wildman–Crippen LogP) is 3.13. The predicted molar refractivity (Wildman–Crippen MR) is 68.9 cm³/mol. The summed E-state index contributed by atoms with van der Waals surface area (Å²) in [4.78, 5) is 0. The Morgan fingerprint density at radius 2 is 1.72 bits per heavy atom. The summed E-state index contributed by atoms with van der Waals surface area (Å²) in [5.41, 5.74) is 2.44. The smallest absolute Gasteiger partial charge is 0.165 e. The van der Waals surface area contributed by atoms with Crippen molar-refractivity contribution in [2.24, 2.45) is 0 Å². The standard InChI is InChI=1S/C15H12O3/c16-13-7-6-11-9-18-14(8-12(11)15(13)17)10-4-2-1-3-5-10/h1-8,16-17H,9H2. The number of rotatable bonds is 1. The van der Waals surface area contributed by atoms with Gasteiger partial charge in [-0.15, -0.1) is 0 Å². The number of benzene rings is 2. The van der Waals surface area contributed by atoms with Gasteiger partial charge in [-0.3, -0.25) is 0 Å². The highest BCUT2D eigenvalue weighted by atomic mass is 16.5. The van der Waals surface area contributed by atoms with Crippen molar-refractivity contribution in [1.29, 1.82) is 0 Å². The first kappa shape index (κ1) is 10.7. The largest absolute Gasteiger partial charge is 0.504 e. The summed E-state index contributed by atoms with van der Waals surface area (Å²) in [6.07, 6.45) is 1.75. The van der Waals surface area contributed by atoms with Crippen molar-refractivity contribution in [2.45, 2.75) is 6.61 Å². The molecule has 0 bridgehead atoms. The first-order chi connectivity index (χ1) is 8.75. The van der Waals surface area contributed by atoms with Gasteiger partial charge in [0.1, 0.15) is 12.4 Å². The molecule has 2 aromatic rings. The SMILES string of the molecule is Oc1ccc2c(c1O)C=C(c1ccccc1)OC2. The molecule has 0 fully saturated rings. The molecule has 3 heteroatoms. The fourth-order valence-corrected chi connectivity index (χ4v) is 2.02. The highest BCUT2D eigenvalue weighted by molar-refractivity contribution is 5.82. The fourth-order valence-electron chi connectivity index (χ4n) is 2.02. The Bertz CT molecular complexity index is 615. The molecule has 3 rings (SSSR count). The highest BCUT2D eigenvalue weighted by Crippen LogP contribution is 2.37. The van der Waals surface area contributed by atoms with Crippen LogP contribution in [0.3, 0.4) is 0 Å². The van der Waals surface area contributed by atoms with E-state index in [1.165, 1.54) is 6.07 Å². The number of hydrogen-bond donors (Lipinski definition) is 2. The van der Waals surface area contributed by atoms with Gasteiger partial charge in [-0.25, -0.2) is 0 Å². The topological polar surface area (TPSA) is 49.7 Å². The molecule has 0 spiro atoms. The van der Waals surface area contributed by atoms with Crippen LogP contribution in [-0.4, -0.2) is 10.2 Å². The molecule has 0 radical (unpaired) electrons. The molecule has 90 valence electrons. The van der Waals surface area contributed by atoms with E-state index in [2.05, 4.69) is 0 Å². The maximum Gasteiger partial charge on any atom is 0.165 e. The molecular formula is C15H12O3. The van der Waals surface area contributed by atoms with Crippen molar-refractivity contribution in [1.82, 2.24) is 0 Å². The van der Waals surface area contributed by atoms with E-state index >= 15 is 0 Å². The lowest BCUT2D eigenvalue weighted by Crippen LogP contribution is -2.02. The van der Waals surface area contributed by atoms with E-state index in [1.807, 2.05) is 30.3 Å². The number of hydrogen-bond acceptors (Lipinski definition) is 3. The molecule has 1 heterocycles. The van der Waals surface area contributed by atoms with E-state index < -0.39 is 0 Å². The maximum absolute atomic E-state index is 9.86. The van der Waals surface area contributed by atoms with Crippen LogP contribution in [0.2, 0.25) is 0 Å². The molecule has 0 aliphatic carbocycles. The van der Waals surface area contributed by atoms with E-state index in [0.717, 1.165) is 11.1 Å². The Labute approximate surface area is 105 Å². The molecule has 3 nitrogen and oxygen atoms in total. The second-order valence-corrected chi connectivity index (χ2v) is 4.17. The third-order valence-electron chi connectivity index (χ3n) is 3.00. The molecule has 0 saturated heterocycles. The lowest BCUT2D eigenvalue weighted by Gasteiger charge is -2.19. The average molecular weight is 240 g/mol. The second-order valence-electron chi connectivity index (χ2n) is 4.17. The van der Waals surface area contributed by atoms with Gasteiger partial charge in [-0.1, -0.05) is 36.4 Å². The molecule has 1 aliphatic rings. The quantitative estimate of drug-likeness (QED) is 0.753. The number of phenols is 2. The lowest BCUT2D eigenvalue weighted by molar-refractivity contribution is 0.260. The van der Waals surface area contributed by atoms with Crippen molar-refractivity contribution in [3.05, 3.63) is 59.2 Å². The van der Waals surface area contributed by atoms with Crippen LogP contribution >= 0.6 is 0 Å². The van der Waals surface area contributed by atoms with Crippen molar-refractivity contribution in [3.8, 4) is 11.5 Å². The van der Waals surface area contributed by atoms with E-state index in [0.29, 0.717) is 17.9 Å². The Kier molecular flexibility index (Phi) is 2.45. The van der Waals surface area contributed by atoms with E-state index in [1.54, 1.807) is 12.1 Å². The Morgan fingerprint density at radius 3 is 2.50 bits per heavy atom. The zero-order valence-electron chi connectivity index (χ0n) is 9.63. The number of fused-ring (bicyclic) bond motifs is 1. The first-order valence-corrected chi connectivity index (χ1v) is 5.69. The third-order valence-corrected chi connectivity index (χ3v) is 3.00. The number of ether oxygens (including phenoxy) is 1. The number of phenolic OH excluding ortho intramolecular Hbond substituents is 2. The van der Waals surface area contributed by atoms with Crippen LogP contribution in [0, 0.1) is 0 Å². The van der Waals surface area contributed by atoms with Crippen LogP contribution in [0.15, 0.2) is 42.5 Å². The van der Waals surface area contributed by atoms with Gasteiger partial charge in [-0.2, -0.15) is 0 Å². The Balaban J connectivity index is 2.11. The van der Waals surface area contributed by atoms with Gasteiger partial charge < -0.3 is 14.9 Å². The minimum absolute atomic E-state index is 0.0933. The Hall–Kier alpha value is -2.42. The molecule has 0 amide bonds. The second kappa shape index (κ2) is 4.11. The minimum Gasteiger partial charge on any atom is -0.504 e. The van der Waals surface area contributed by atoms with Crippen LogP contribution in [-0.2, 0) is 11.3 Å². The van der Waals surface area contributed by atoms with Crippen molar-refractivity contribution >= 4 is 11.8 Å². The monoisotopic (exact) mass is 240 g/mol. The van der Waals surface area contributed by atoms with Gasteiger partial charge in [-0.05, 0) is 12.1 Å². The molecule has 2 N–H and O–H groups in total. The fraction of sp³-hybridized carbons (Fsp3) is 0.0667. The maximum atomic E-state index is 9.86. The molecule has 0 unspecified atom stereocenters. The van der Waals surface area contributed by atoms with Gasteiger partial charge in [0.05, 0.1) is 0 Å². The zero-order valence-corrected chi connectivity index (χ0v) is 9.63. The van der Waals surface area contributed by atoms with Gasteiger partial charge in [0.25, 0.3) is 0 Å². The molecule has 1 aliphatic heterocycles. The minimum atomic E-state index is -0.112. The first-order valence-electron chi connectivity index (χ1n) is 5.69. The molecule has 0 aromatic heterocycles. The summed E-state index contributed by atoms with van der Waals surface area (Å²) >= 11 is 0. The number of aromatic hydroxyl groups is 2. The molecule has 0 atom stereocenters. The van der Waals surface area contributed by atoms with E-state index in [9.17, 15) is 10.2 Å². The lowest BCUT2D eigenvalue weighted by atomic mass is 10.0. The molecular weight excluding hydrogens is 228 g/mol. The highest BCUT2D eigenvalue weighted by Gasteiger charge is 2.17. The van der Waals surface area contributed by atoms with Crippen LogP contribution in [0.1, 0.15) is 16.7 Å². The summed E-state index contributed by atoms with van der Waals surface area (Å²) < 4.78 is 5.65. The summed E-state index contributed by atoms with van der Waals surface area (Å²) in [6, 6.07) is 12.9. The third kappa shape index (κ3) is 1.70. The van der Waals surface area contributed by atoms with Crippen molar-refractivity contribution in [2.75, 3.05) is 0 Å². The van der Waals surface area contributed by atoms with Crippen LogP contribution in [0.25, 0.3) is 11.8 Å². The summed E-state index contributed by atoms with van der Waals surface area (Å²) in [6.45, 7) is 0.393. The van der Waals surface area contributed by atoms with Gasteiger partial charge in [0, 0.05) is 16.7 Å². The van der Waals surface area contributed by atoms with Gasteiger partial charge in [0.2, 0.25) is 0 Å². The summed E-state index contributed by atoms with van der Waals surface area (Å²) in [7, 11) is 0. The molecule has 18 heavy (non-hydrogen) atoms. The van der Waals surface area contributed by atoms with Crippen LogP contribution < -0.4 is 0 Å². The van der Waals surface area contributed by atoms with Crippen LogP contribution in [0.4, 0.5) is 0 Å². The van der Waals surface area contributed by atoms with Crippen LogP contribution in [0.5, 0.6) is 11.5 Å². The normalized spacial score (nSPS) is 13.4. The van der Waals surface area contributed by atoms with E-state index in [-0.39, 0.29) is 11.5 Å².